The summed E-state index contributed by atoms with van der Waals surface area (Å²) in [6.45, 7) is 0. The third kappa shape index (κ3) is 4.05. The number of methoxy groups -OCH3 is 2. The molecule has 0 bridgehead atoms. The molecule has 1 heterocycles. The Labute approximate surface area is 198 Å². The minimum atomic E-state index is -0.488. The number of fused-ring (bicyclic) bond motifs is 1. The fourth-order valence-electron chi connectivity index (χ4n) is 4.30. The fourth-order valence-corrected chi connectivity index (χ4v) is 4.30. The van der Waals surface area contributed by atoms with Crippen LogP contribution in [0.3, 0.4) is 0 Å². The zero-order valence-corrected chi connectivity index (χ0v) is 19.0. The van der Waals surface area contributed by atoms with Crippen LogP contribution < -0.4 is 0 Å². The Morgan fingerprint density at radius 2 is 1.15 bits per heavy atom. The van der Waals surface area contributed by atoms with Crippen molar-refractivity contribution in [2.45, 2.75) is 12.2 Å². The number of nitrogens with zero attached hydrogens (tertiary/aromatic N) is 3. The number of rotatable bonds is 7. The second-order valence-electron chi connectivity index (χ2n) is 8.01. The molecule has 170 valence electrons. The van der Waals surface area contributed by atoms with Crippen molar-refractivity contribution >= 4 is 11.0 Å². The van der Waals surface area contributed by atoms with Crippen LogP contribution in [0.2, 0.25) is 0 Å². The van der Waals surface area contributed by atoms with Crippen molar-refractivity contribution in [2.24, 2.45) is 0 Å². The van der Waals surface area contributed by atoms with Gasteiger partial charge in [0.15, 0.2) is 0 Å². The van der Waals surface area contributed by atoms with E-state index in [0.717, 1.165) is 27.7 Å². The van der Waals surface area contributed by atoms with E-state index in [0.29, 0.717) is 11.3 Å². The molecule has 0 radical (unpaired) electrons. The van der Waals surface area contributed by atoms with Crippen molar-refractivity contribution in [1.82, 2.24) is 15.0 Å². The highest BCUT2D eigenvalue weighted by Crippen LogP contribution is 2.39. The first-order valence-corrected chi connectivity index (χ1v) is 11.0. The summed E-state index contributed by atoms with van der Waals surface area (Å²) >= 11 is 0. The lowest BCUT2D eigenvalue weighted by atomic mass is 9.93. The van der Waals surface area contributed by atoms with E-state index in [2.05, 4.69) is 10.2 Å². The summed E-state index contributed by atoms with van der Waals surface area (Å²) in [5, 5.41) is 20.7. The molecule has 0 aliphatic heterocycles. The maximum Gasteiger partial charge on any atom is 0.149 e. The topological polar surface area (TPSA) is 69.4 Å². The van der Waals surface area contributed by atoms with E-state index >= 15 is 0 Å². The third-order valence-electron chi connectivity index (χ3n) is 5.90. The van der Waals surface area contributed by atoms with Gasteiger partial charge in [0.25, 0.3) is 0 Å². The molecule has 0 saturated carbocycles. The molecule has 0 spiro atoms. The Balaban J connectivity index is 1.73. The zero-order valence-electron chi connectivity index (χ0n) is 19.0. The molecule has 5 aromatic rings. The summed E-state index contributed by atoms with van der Waals surface area (Å²) in [5.41, 5.74) is 5.34. The van der Waals surface area contributed by atoms with Gasteiger partial charge in [-0.15, -0.1) is 15.0 Å². The highest BCUT2D eigenvalue weighted by atomic mass is 16.5. The predicted molar refractivity (Wildman–Crippen MR) is 131 cm³/mol. The van der Waals surface area contributed by atoms with Gasteiger partial charge in [-0.25, -0.2) is 0 Å². The molecule has 5 rings (SSSR count). The van der Waals surface area contributed by atoms with Gasteiger partial charge in [0.05, 0.1) is 0 Å². The van der Waals surface area contributed by atoms with Gasteiger partial charge >= 0.3 is 0 Å². The molecule has 0 amide bonds. The van der Waals surface area contributed by atoms with Crippen LogP contribution in [0.5, 0.6) is 5.75 Å². The van der Waals surface area contributed by atoms with Gasteiger partial charge in [0.1, 0.15) is 34.7 Å². The molecule has 0 aliphatic carbocycles. The number of benzene rings is 4. The van der Waals surface area contributed by atoms with E-state index in [-0.39, 0.29) is 11.9 Å². The van der Waals surface area contributed by atoms with E-state index in [4.69, 9.17) is 9.47 Å². The maximum absolute atomic E-state index is 11.5. The molecule has 6 heteroatoms. The first-order chi connectivity index (χ1) is 16.7. The highest BCUT2D eigenvalue weighted by Gasteiger charge is 2.25. The summed E-state index contributed by atoms with van der Waals surface area (Å²) in [4.78, 5) is 1.47. The molecule has 2 unspecified atom stereocenters. The zero-order chi connectivity index (χ0) is 23.5. The van der Waals surface area contributed by atoms with Crippen LogP contribution in [-0.4, -0.2) is 34.3 Å². The molecule has 2 atom stereocenters. The minimum Gasteiger partial charge on any atom is -0.505 e. The standard InChI is InChI=1S/C28H25N3O3/c1-33-27(19-11-5-3-6-12-19)21-17-22(28(34-2)20-13-7-4-8-14-20)26(32)25(18-21)31-29-23-15-9-10-16-24(23)30-31/h3-18,27-28,32H,1-2H3. The number of hydrogen-bond acceptors (Lipinski definition) is 5. The molecule has 1 aromatic heterocycles. The molecule has 0 aliphatic rings. The number of phenols is 1. The van der Waals surface area contributed by atoms with Crippen molar-refractivity contribution in [3.8, 4) is 11.4 Å². The first kappa shape index (κ1) is 21.8. The lowest BCUT2D eigenvalue weighted by molar-refractivity contribution is 0.129. The highest BCUT2D eigenvalue weighted by molar-refractivity contribution is 5.74. The summed E-state index contributed by atoms with van der Waals surface area (Å²) in [6.07, 6.45) is -0.837. The molecule has 0 saturated heterocycles. The third-order valence-corrected chi connectivity index (χ3v) is 5.90. The number of aromatic nitrogens is 3. The maximum atomic E-state index is 11.5. The van der Waals surface area contributed by atoms with E-state index < -0.39 is 6.10 Å². The summed E-state index contributed by atoms with van der Waals surface area (Å²) < 4.78 is 11.8. The Bertz CT molecular complexity index is 1370. The number of hydrogen-bond donors (Lipinski definition) is 1. The SMILES string of the molecule is COC(c1ccccc1)c1cc(C(OC)c2ccccc2)c(O)c(-n2nc3ccccc3n2)c1. The van der Waals surface area contributed by atoms with Crippen molar-refractivity contribution in [3.63, 3.8) is 0 Å². The summed E-state index contributed by atoms with van der Waals surface area (Å²) in [5.74, 6) is 0.0580. The van der Waals surface area contributed by atoms with E-state index in [1.54, 1.807) is 14.2 Å². The summed E-state index contributed by atoms with van der Waals surface area (Å²) in [6, 6.07) is 31.2. The largest absolute Gasteiger partial charge is 0.505 e. The lowest BCUT2D eigenvalue weighted by Crippen LogP contribution is -2.11. The van der Waals surface area contributed by atoms with Gasteiger partial charge in [0, 0.05) is 19.8 Å². The van der Waals surface area contributed by atoms with E-state index in [1.807, 2.05) is 97.1 Å². The average Bonchev–Trinajstić information content (AvgIpc) is 3.32. The molecule has 6 nitrogen and oxygen atoms in total. The average molecular weight is 452 g/mol. The second-order valence-corrected chi connectivity index (χ2v) is 8.01. The van der Waals surface area contributed by atoms with Gasteiger partial charge in [-0.1, -0.05) is 72.8 Å². The molecule has 34 heavy (non-hydrogen) atoms. The second kappa shape index (κ2) is 9.47. The summed E-state index contributed by atoms with van der Waals surface area (Å²) in [7, 11) is 3.31. The van der Waals surface area contributed by atoms with Crippen LogP contribution in [-0.2, 0) is 9.47 Å². The van der Waals surface area contributed by atoms with Crippen LogP contribution in [0, 0.1) is 0 Å². The molecule has 1 N–H and O–H groups in total. The Hall–Kier alpha value is -4.00. The van der Waals surface area contributed by atoms with E-state index in [9.17, 15) is 5.11 Å². The molecular weight excluding hydrogens is 426 g/mol. The van der Waals surface area contributed by atoms with Crippen molar-refractivity contribution in [3.05, 3.63) is 119 Å². The van der Waals surface area contributed by atoms with Crippen molar-refractivity contribution in [1.29, 1.82) is 0 Å². The van der Waals surface area contributed by atoms with Crippen LogP contribution in [0.15, 0.2) is 97.1 Å². The molecular formula is C28H25N3O3. The van der Waals surface area contributed by atoms with E-state index in [1.165, 1.54) is 4.80 Å². The Kier molecular flexibility index (Phi) is 6.08. The van der Waals surface area contributed by atoms with Crippen molar-refractivity contribution < 1.29 is 14.6 Å². The van der Waals surface area contributed by atoms with Crippen molar-refractivity contribution in [2.75, 3.05) is 14.2 Å². The quantitative estimate of drug-likeness (QED) is 0.349. The van der Waals surface area contributed by atoms with Crippen LogP contribution in [0.1, 0.15) is 34.5 Å². The molecule has 0 fully saturated rings. The van der Waals surface area contributed by atoms with Gasteiger partial charge in [0.2, 0.25) is 0 Å². The van der Waals surface area contributed by atoms with Gasteiger partial charge in [-0.2, -0.15) is 0 Å². The normalized spacial score (nSPS) is 13.1. The lowest BCUT2D eigenvalue weighted by Gasteiger charge is -2.23. The van der Waals surface area contributed by atoms with Crippen LogP contribution >= 0.6 is 0 Å². The van der Waals surface area contributed by atoms with Gasteiger partial charge in [-0.3, -0.25) is 0 Å². The first-order valence-electron chi connectivity index (χ1n) is 11.0. The monoisotopic (exact) mass is 451 g/mol. The van der Waals surface area contributed by atoms with Crippen LogP contribution in [0.25, 0.3) is 16.7 Å². The number of ether oxygens (including phenoxy) is 2. The number of aromatic hydroxyl groups is 1. The predicted octanol–water partition coefficient (Wildman–Crippen LogP) is 5.60. The Morgan fingerprint density at radius 1 is 0.647 bits per heavy atom. The minimum absolute atomic E-state index is 0.0580. The van der Waals surface area contributed by atoms with Crippen LogP contribution in [0.4, 0.5) is 0 Å². The smallest absolute Gasteiger partial charge is 0.149 e. The number of phenolic OH excluding ortho intramolecular Hbond substituents is 1. The Morgan fingerprint density at radius 3 is 1.68 bits per heavy atom. The van der Waals surface area contributed by atoms with Gasteiger partial charge < -0.3 is 14.6 Å². The fraction of sp³-hybridized carbons (Fsp3) is 0.143. The molecule has 4 aromatic carbocycles. The van der Waals surface area contributed by atoms with Gasteiger partial charge in [-0.05, 0) is 41.0 Å².